The van der Waals surface area contributed by atoms with Crippen molar-refractivity contribution in [1.82, 2.24) is 14.5 Å². The van der Waals surface area contributed by atoms with Gasteiger partial charge >= 0.3 is 6.03 Å². The van der Waals surface area contributed by atoms with E-state index < -0.39 is 15.8 Å². The number of nitrogens with one attached hydrogen (secondary N) is 1. The highest BCUT2D eigenvalue weighted by Crippen LogP contribution is 2.18. The zero-order chi connectivity index (χ0) is 19.4. The Morgan fingerprint density at radius 3 is 2.44 bits per heavy atom. The van der Waals surface area contributed by atoms with Gasteiger partial charge in [-0.25, -0.2) is 17.6 Å². The molecule has 0 aromatic heterocycles. The van der Waals surface area contributed by atoms with E-state index in [2.05, 4.69) is 21.2 Å². The largest absolute Gasteiger partial charge is 0.334 e. The zero-order valence-electron chi connectivity index (χ0n) is 14.4. The molecular formula is C18H19BrFN3O3S. The quantitative estimate of drug-likeness (QED) is 0.770. The van der Waals surface area contributed by atoms with Gasteiger partial charge in [-0.1, -0.05) is 34.1 Å². The molecule has 0 bridgehead atoms. The molecule has 0 spiro atoms. The van der Waals surface area contributed by atoms with Gasteiger partial charge in [-0.05, 0) is 35.9 Å². The highest BCUT2D eigenvalue weighted by molar-refractivity contribution is 9.10. The van der Waals surface area contributed by atoms with E-state index in [4.69, 9.17) is 0 Å². The number of rotatable bonds is 4. The number of amides is 2. The number of hydrogen-bond acceptors (Lipinski definition) is 3. The molecular weight excluding hydrogens is 437 g/mol. The van der Waals surface area contributed by atoms with Crippen molar-refractivity contribution in [2.75, 3.05) is 26.2 Å². The van der Waals surface area contributed by atoms with E-state index in [1.54, 1.807) is 4.90 Å². The smallest absolute Gasteiger partial charge is 0.317 e. The lowest BCUT2D eigenvalue weighted by molar-refractivity contribution is 0.172. The first-order valence-corrected chi connectivity index (χ1v) is 10.6. The molecule has 0 aliphatic carbocycles. The second kappa shape index (κ2) is 8.37. The van der Waals surface area contributed by atoms with E-state index >= 15 is 0 Å². The monoisotopic (exact) mass is 455 g/mol. The van der Waals surface area contributed by atoms with Crippen LogP contribution >= 0.6 is 15.9 Å². The predicted octanol–water partition coefficient (Wildman–Crippen LogP) is 2.80. The Morgan fingerprint density at radius 1 is 1.07 bits per heavy atom. The Hall–Kier alpha value is -1.97. The minimum absolute atomic E-state index is 0.0740. The van der Waals surface area contributed by atoms with Crippen molar-refractivity contribution in [3.63, 3.8) is 0 Å². The normalized spacial score (nSPS) is 15.6. The van der Waals surface area contributed by atoms with Crippen LogP contribution in [-0.2, 0) is 16.6 Å². The zero-order valence-corrected chi connectivity index (χ0v) is 16.8. The number of carbonyl (C=O) groups is 1. The third-order valence-corrected chi connectivity index (χ3v) is 6.68. The maximum atomic E-state index is 13.3. The number of carbonyl (C=O) groups excluding carboxylic acids is 1. The van der Waals surface area contributed by atoms with Crippen LogP contribution in [0.25, 0.3) is 0 Å². The average Bonchev–Trinajstić information content (AvgIpc) is 2.66. The molecule has 0 saturated carbocycles. The summed E-state index contributed by atoms with van der Waals surface area (Å²) in [4.78, 5) is 13.8. The highest BCUT2D eigenvalue weighted by atomic mass is 79.9. The van der Waals surface area contributed by atoms with Crippen molar-refractivity contribution < 1.29 is 17.6 Å². The van der Waals surface area contributed by atoms with Gasteiger partial charge in [-0.15, -0.1) is 0 Å². The predicted molar refractivity (Wildman–Crippen MR) is 103 cm³/mol. The summed E-state index contributed by atoms with van der Waals surface area (Å²) in [5.41, 5.74) is 0.963. The Bertz CT molecular complexity index is 931. The molecule has 2 amide bonds. The van der Waals surface area contributed by atoms with Gasteiger partial charge in [0.05, 0.1) is 4.90 Å². The Labute approximate surface area is 166 Å². The molecule has 144 valence electrons. The molecule has 1 aliphatic rings. The molecule has 9 heteroatoms. The third kappa shape index (κ3) is 4.85. The van der Waals surface area contributed by atoms with Crippen LogP contribution in [-0.4, -0.2) is 49.8 Å². The molecule has 1 heterocycles. The van der Waals surface area contributed by atoms with Crippen molar-refractivity contribution in [3.8, 4) is 0 Å². The molecule has 2 aromatic carbocycles. The maximum Gasteiger partial charge on any atom is 0.317 e. The summed E-state index contributed by atoms with van der Waals surface area (Å²) >= 11 is 3.39. The highest BCUT2D eigenvalue weighted by Gasteiger charge is 2.30. The number of urea groups is 1. The Kier molecular flexibility index (Phi) is 6.13. The molecule has 2 aromatic rings. The van der Waals surface area contributed by atoms with E-state index in [1.807, 2.05) is 24.3 Å². The number of sulfonamides is 1. The van der Waals surface area contributed by atoms with Crippen LogP contribution in [0.15, 0.2) is 57.9 Å². The van der Waals surface area contributed by atoms with E-state index in [0.717, 1.165) is 16.1 Å². The van der Waals surface area contributed by atoms with Crippen molar-refractivity contribution in [2.24, 2.45) is 0 Å². The van der Waals surface area contributed by atoms with Gasteiger partial charge in [0.1, 0.15) is 5.82 Å². The van der Waals surface area contributed by atoms with Crippen LogP contribution in [0.2, 0.25) is 0 Å². The van der Waals surface area contributed by atoms with Gasteiger partial charge in [0, 0.05) is 37.2 Å². The van der Waals surface area contributed by atoms with Crippen LogP contribution < -0.4 is 5.32 Å². The standard InChI is InChI=1S/C18H19BrFN3O3S/c19-15-4-1-3-14(11-15)13-21-18(24)22-7-9-23(10-8-22)27(25,26)17-6-2-5-16(20)12-17/h1-6,11-12H,7-10,13H2,(H,21,24). The van der Waals surface area contributed by atoms with Crippen molar-refractivity contribution >= 4 is 32.0 Å². The van der Waals surface area contributed by atoms with E-state index in [9.17, 15) is 17.6 Å². The van der Waals surface area contributed by atoms with Crippen LogP contribution in [0.3, 0.4) is 0 Å². The number of hydrogen-bond donors (Lipinski definition) is 1. The molecule has 1 saturated heterocycles. The fraction of sp³-hybridized carbons (Fsp3) is 0.278. The van der Waals surface area contributed by atoms with Crippen LogP contribution in [0.1, 0.15) is 5.56 Å². The van der Waals surface area contributed by atoms with Crippen LogP contribution in [0, 0.1) is 5.82 Å². The first kappa shape index (κ1) is 19.8. The molecule has 1 aliphatic heterocycles. The molecule has 27 heavy (non-hydrogen) atoms. The number of nitrogens with zero attached hydrogens (tertiary/aromatic N) is 2. The molecule has 1 fully saturated rings. The Morgan fingerprint density at radius 2 is 1.78 bits per heavy atom. The summed E-state index contributed by atoms with van der Waals surface area (Å²) in [5.74, 6) is -0.596. The van der Waals surface area contributed by atoms with Crippen molar-refractivity contribution in [3.05, 3.63) is 64.4 Å². The summed E-state index contributed by atoms with van der Waals surface area (Å²) in [6.45, 7) is 1.28. The minimum atomic E-state index is -3.76. The van der Waals surface area contributed by atoms with E-state index in [0.29, 0.717) is 6.54 Å². The fourth-order valence-corrected chi connectivity index (χ4v) is 4.75. The molecule has 1 N–H and O–H groups in total. The van der Waals surface area contributed by atoms with Gasteiger partial charge in [-0.3, -0.25) is 0 Å². The molecule has 0 unspecified atom stereocenters. The Balaban J connectivity index is 1.56. The number of piperazine rings is 1. The number of benzene rings is 2. The number of halogens is 2. The maximum absolute atomic E-state index is 13.3. The first-order chi connectivity index (χ1) is 12.9. The fourth-order valence-electron chi connectivity index (χ4n) is 2.84. The summed E-state index contributed by atoms with van der Waals surface area (Å²) in [6, 6.07) is 12.3. The summed E-state index contributed by atoms with van der Waals surface area (Å²) in [5, 5.41) is 2.84. The van der Waals surface area contributed by atoms with E-state index in [-0.39, 0.29) is 37.1 Å². The molecule has 0 atom stereocenters. The second-order valence-corrected chi connectivity index (χ2v) is 8.99. The van der Waals surface area contributed by atoms with Crippen LogP contribution in [0.4, 0.5) is 9.18 Å². The van der Waals surface area contributed by atoms with E-state index in [1.165, 1.54) is 22.5 Å². The van der Waals surface area contributed by atoms with Gasteiger partial charge in [0.15, 0.2) is 0 Å². The topological polar surface area (TPSA) is 69.7 Å². The summed E-state index contributed by atoms with van der Waals surface area (Å²) in [7, 11) is -3.76. The lowest BCUT2D eigenvalue weighted by atomic mass is 10.2. The van der Waals surface area contributed by atoms with Crippen LogP contribution in [0.5, 0.6) is 0 Å². The van der Waals surface area contributed by atoms with Gasteiger partial charge in [0.2, 0.25) is 10.0 Å². The molecule has 6 nitrogen and oxygen atoms in total. The lowest BCUT2D eigenvalue weighted by Crippen LogP contribution is -2.52. The van der Waals surface area contributed by atoms with Gasteiger partial charge in [0.25, 0.3) is 0 Å². The second-order valence-electron chi connectivity index (χ2n) is 6.14. The van der Waals surface area contributed by atoms with Crippen molar-refractivity contribution in [1.29, 1.82) is 0 Å². The first-order valence-electron chi connectivity index (χ1n) is 8.39. The summed E-state index contributed by atoms with van der Waals surface area (Å²) in [6.07, 6.45) is 0. The average molecular weight is 456 g/mol. The SMILES string of the molecule is O=C(NCc1cccc(Br)c1)N1CCN(S(=O)(=O)c2cccc(F)c2)CC1. The minimum Gasteiger partial charge on any atom is -0.334 e. The molecule has 0 radical (unpaired) electrons. The van der Waals surface area contributed by atoms with Crippen molar-refractivity contribution in [2.45, 2.75) is 11.4 Å². The lowest BCUT2D eigenvalue weighted by Gasteiger charge is -2.34. The summed E-state index contributed by atoms with van der Waals surface area (Å²) < 4.78 is 40.7. The molecule has 3 rings (SSSR count). The van der Waals surface area contributed by atoms with Gasteiger partial charge in [-0.2, -0.15) is 4.31 Å². The van der Waals surface area contributed by atoms with Gasteiger partial charge < -0.3 is 10.2 Å². The third-order valence-electron chi connectivity index (χ3n) is 4.29.